The van der Waals surface area contributed by atoms with Crippen LogP contribution in [0.25, 0.3) is 0 Å². The number of esters is 1. The van der Waals surface area contributed by atoms with E-state index in [0.717, 1.165) is 16.0 Å². The molecule has 154 valence electrons. The molecule has 0 saturated heterocycles. The maximum Gasteiger partial charge on any atom is 0.328 e. The number of benzene rings is 1. The van der Waals surface area contributed by atoms with Crippen LogP contribution in [-0.2, 0) is 33.7 Å². The van der Waals surface area contributed by atoms with Gasteiger partial charge in [0.05, 0.1) is 25.9 Å². The lowest BCUT2D eigenvalue weighted by Crippen LogP contribution is -2.45. The molecule has 2 aromatic rings. The zero-order valence-corrected chi connectivity index (χ0v) is 17.2. The zero-order valence-electron chi connectivity index (χ0n) is 15.6. The Morgan fingerprint density at radius 3 is 2.69 bits per heavy atom. The number of ether oxygens (including phenoxy) is 2. The van der Waals surface area contributed by atoms with E-state index in [-0.39, 0.29) is 12.0 Å². The molecule has 0 spiro atoms. The van der Waals surface area contributed by atoms with E-state index in [4.69, 9.17) is 26.8 Å². The van der Waals surface area contributed by atoms with Gasteiger partial charge in [-0.15, -0.1) is 11.3 Å². The van der Waals surface area contributed by atoms with Crippen LogP contribution in [0.5, 0.6) is 0 Å². The van der Waals surface area contributed by atoms with Crippen LogP contribution in [0.2, 0.25) is 5.02 Å². The van der Waals surface area contributed by atoms with Crippen molar-refractivity contribution >= 4 is 45.8 Å². The van der Waals surface area contributed by atoms with Gasteiger partial charge < -0.3 is 20.5 Å². The van der Waals surface area contributed by atoms with Crippen molar-refractivity contribution in [2.24, 2.45) is 5.73 Å². The first kappa shape index (κ1) is 21.1. The maximum absolute atomic E-state index is 12.5. The summed E-state index contributed by atoms with van der Waals surface area (Å²) >= 11 is 7.12. The van der Waals surface area contributed by atoms with E-state index in [1.54, 1.807) is 24.3 Å². The fraction of sp³-hybridized carbons (Fsp3) is 0.316. The molecule has 1 aromatic heterocycles. The summed E-state index contributed by atoms with van der Waals surface area (Å²) in [6.07, 6.45) is 0.767. The van der Waals surface area contributed by atoms with Crippen LogP contribution in [0.3, 0.4) is 0 Å². The van der Waals surface area contributed by atoms with Crippen molar-refractivity contribution in [3.63, 3.8) is 0 Å². The van der Waals surface area contributed by atoms with Gasteiger partial charge in [-0.1, -0.05) is 23.7 Å². The van der Waals surface area contributed by atoms with Crippen molar-refractivity contribution in [3.8, 4) is 0 Å². The number of nitrogens with one attached hydrogen (secondary N) is 2. The summed E-state index contributed by atoms with van der Waals surface area (Å²) < 4.78 is 10.2. The third-order valence-corrected chi connectivity index (χ3v) is 5.81. The SMILES string of the molecule is COC(=O)C(Cc1ccc(Cl)cc1)NC(=O)Nc1sc2c(c1C(N)=O)CCOC2. The average Bonchev–Trinajstić information content (AvgIpc) is 3.06. The van der Waals surface area contributed by atoms with E-state index in [9.17, 15) is 14.4 Å². The molecule has 2 heterocycles. The minimum absolute atomic E-state index is 0.217. The van der Waals surface area contributed by atoms with Gasteiger partial charge in [-0.05, 0) is 29.7 Å². The quantitative estimate of drug-likeness (QED) is 0.599. The van der Waals surface area contributed by atoms with Gasteiger partial charge in [0.1, 0.15) is 11.0 Å². The molecule has 1 unspecified atom stereocenters. The van der Waals surface area contributed by atoms with Crippen LogP contribution < -0.4 is 16.4 Å². The number of urea groups is 1. The summed E-state index contributed by atoms with van der Waals surface area (Å²) in [6.45, 7) is 0.853. The number of anilines is 1. The van der Waals surface area contributed by atoms with E-state index in [2.05, 4.69) is 10.6 Å². The van der Waals surface area contributed by atoms with Crippen molar-refractivity contribution in [1.29, 1.82) is 0 Å². The molecule has 8 nitrogen and oxygen atoms in total. The van der Waals surface area contributed by atoms with Gasteiger partial charge in [0.15, 0.2) is 0 Å². The Hall–Kier alpha value is -2.62. The molecule has 0 radical (unpaired) electrons. The van der Waals surface area contributed by atoms with Crippen LogP contribution in [-0.4, -0.2) is 37.7 Å². The summed E-state index contributed by atoms with van der Waals surface area (Å²) in [7, 11) is 1.25. The molecule has 10 heteroatoms. The van der Waals surface area contributed by atoms with Crippen molar-refractivity contribution in [3.05, 3.63) is 50.9 Å². The third kappa shape index (κ3) is 5.06. The zero-order chi connectivity index (χ0) is 21.0. The van der Waals surface area contributed by atoms with E-state index in [1.165, 1.54) is 18.4 Å². The lowest BCUT2D eigenvalue weighted by Gasteiger charge is -2.17. The molecule has 3 amide bonds. The minimum atomic E-state index is -0.920. The highest BCUT2D eigenvalue weighted by molar-refractivity contribution is 7.17. The molecule has 1 aliphatic rings. The number of methoxy groups -OCH3 is 1. The van der Waals surface area contributed by atoms with Crippen LogP contribution in [0, 0.1) is 0 Å². The van der Waals surface area contributed by atoms with E-state index in [1.807, 2.05) is 0 Å². The predicted octanol–water partition coefficient (Wildman–Crippen LogP) is 2.48. The number of carbonyl (C=O) groups is 3. The number of thiophene rings is 1. The van der Waals surface area contributed by atoms with Crippen LogP contribution in [0.4, 0.5) is 9.80 Å². The largest absolute Gasteiger partial charge is 0.467 e. The standard InChI is InChI=1S/C19H20ClN3O5S/c1-27-18(25)13(8-10-2-4-11(20)5-3-10)22-19(26)23-17-15(16(21)24)12-6-7-28-9-14(12)29-17/h2-5,13H,6-9H2,1H3,(H2,21,24)(H2,22,23,26). The molecule has 0 saturated carbocycles. The van der Waals surface area contributed by atoms with Gasteiger partial charge in [-0.25, -0.2) is 9.59 Å². The Morgan fingerprint density at radius 1 is 1.31 bits per heavy atom. The van der Waals surface area contributed by atoms with E-state index in [0.29, 0.717) is 29.7 Å². The number of halogens is 1. The lowest BCUT2D eigenvalue weighted by atomic mass is 10.1. The van der Waals surface area contributed by atoms with Crippen LogP contribution in [0.1, 0.15) is 26.4 Å². The van der Waals surface area contributed by atoms with Gasteiger partial charge in [-0.3, -0.25) is 10.1 Å². The molecule has 0 bridgehead atoms. The average molecular weight is 438 g/mol. The van der Waals surface area contributed by atoms with Gasteiger partial charge in [0.25, 0.3) is 5.91 Å². The fourth-order valence-corrected chi connectivity index (χ4v) is 4.38. The molecule has 1 aliphatic heterocycles. The molecule has 3 rings (SSSR count). The molecule has 0 aliphatic carbocycles. The van der Waals surface area contributed by atoms with Crippen molar-refractivity contribution < 1.29 is 23.9 Å². The lowest BCUT2D eigenvalue weighted by molar-refractivity contribution is -0.142. The monoisotopic (exact) mass is 437 g/mol. The molecule has 0 fully saturated rings. The topological polar surface area (TPSA) is 120 Å². The summed E-state index contributed by atoms with van der Waals surface area (Å²) in [5.74, 6) is -1.21. The second-order valence-electron chi connectivity index (χ2n) is 6.38. The van der Waals surface area contributed by atoms with Gasteiger partial charge >= 0.3 is 12.0 Å². The number of rotatable bonds is 6. The Labute approximate surface area is 176 Å². The first-order chi connectivity index (χ1) is 13.9. The van der Waals surface area contributed by atoms with Gasteiger partial charge in [-0.2, -0.15) is 0 Å². The minimum Gasteiger partial charge on any atom is -0.467 e. The highest BCUT2D eigenvalue weighted by Gasteiger charge is 2.27. The molecular formula is C19H20ClN3O5S. The number of hydrogen-bond donors (Lipinski definition) is 3. The maximum atomic E-state index is 12.5. The van der Waals surface area contributed by atoms with Crippen molar-refractivity contribution in [2.75, 3.05) is 19.0 Å². The molecule has 4 N–H and O–H groups in total. The summed E-state index contributed by atoms with van der Waals surface area (Å²) in [4.78, 5) is 37.4. The molecule has 29 heavy (non-hydrogen) atoms. The van der Waals surface area contributed by atoms with Gasteiger partial charge in [0, 0.05) is 16.3 Å². The number of fused-ring (bicyclic) bond motifs is 1. The second kappa shape index (κ2) is 9.25. The first-order valence-electron chi connectivity index (χ1n) is 8.81. The highest BCUT2D eigenvalue weighted by atomic mass is 35.5. The molecule has 1 atom stereocenters. The summed E-state index contributed by atoms with van der Waals surface area (Å²) in [5, 5.41) is 6.13. The number of amides is 3. The van der Waals surface area contributed by atoms with Crippen LogP contribution in [0.15, 0.2) is 24.3 Å². The number of hydrogen-bond acceptors (Lipinski definition) is 6. The van der Waals surface area contributed by atoms with Crippen LogP contribution >= 0.6 is 22.9 Å². The normalized spacial score (nSPS) is 13.9. The second-order valence-corrected chi connectivity index (χ2v) is 7.92. The number of primary amides is 1. The van der Waals surface area contributed by atoms with Crippen molar-refractivity contribution in [2.45, 2.75) is 25.5 Å². The number of nitrogens with two attached hydrogens (primary N) is 1. The van der Waals surface area contributed by atoms with E-state index < -0.39 is 23.9 Å². The summed E-state index contributed by atoms with van der Waals surface area (Å²) in [6, 6.07) is 5.35. The Bertz CT molecular complexity index is 929. The summed E-state index contributed by atoms with van der Waals surface area (Å²) in [5.41, 5.74) is 7.40. The van der Waals surface area contributed by atoms with E-state index >= 15 is 0 Å². The third-order valence-electron chi connectivity index (χ3n) is 4.44. The Morgan fingerprint density at radius 2 is 2.03 bits per heavy atom. The smallest absolute Gasteiger partial charge is 0.328 e. The Kier molecular flexibility index (Phi) is 6.73. The van der Waals surface area contributed by atoms with Gasteiger partial charge in [0.2, 0.25) is 0 Å². The molecule has 1 aromatic carbocycles. The number of carbonyl (C=O) groups excluding carboxylic acids is 3. The molecular weight excluding hydrogens is 418 g/mol. The first-order valence-corrected chi connectivity index (χ1v) is 10.0. The fourth-order valence-electron chi connectivity index (χ4n) is 3.07. The Balaban J connectivity index is 1.75. The predicted molar refractivity (Wildman–Crippen MR) is 109 cm³/mol. The highest BCUT2D eigenvalue weighted by Crippen LogP contribution is 2.36. The van der Waals surface area contributed by atoms with Crippen molar-refractivity contribution in [1.82, 2.24) is 5.32 Å².